The summed E-state index contributed by atoms with van der Waals surface area (Å²) >= 11 is 1.50. The molecule has 1 atom stereocenters. The van der Waals surface area contributed by atoms with E-state index in [4.69, 9.17) is 0 Å². The summed E-state index contributed by atoms with van der Waals surface area (Å²) < 4.78 is 1.78. The minimum Gasteiger partial charge on any atom is -0.350 e. The third-order valence-corrected chi connectivity index (χ3v) is 6.58. The molecular formula is C18H22N4O2S. The number of hydrogen-bond donors (Lipinski definition) is 1. The Morgan fingerprint density at radius 1 is 1.40 bits per heavy atom. The molecule has 6 nitrogen and oxygen atoms in total. The van der Waals surface area contributed by atoms with E-state index in [1.165, 1.54) is 11.3 Å². The van der Waals surface area contributed by atoms with Gasteiger partial charge < -0.3 is 10.2 Å². The van der Waals surface area contributed by atoms with E-state index in [-0.39, 0.29) is 23.3 Å². The van der Waals surface area contributed by atoms with E-state index in [0.717, 1.165) is 28.8 Å². The monoisotopic (exact) mass is 358 g/mol. The molecule has 2 aliphatic heterocycles. The lowest BCUT2D eigenvalue weighted by Gasteiger charge is -2.42. The third kappa shape index (κ3) is 2.76. The van der Waals surface area contributed by atoms with Crippen LogP contribution in [0.5, 0.6) is 0 Å². The molecule has 1 spiro atoms. The van der Waals surface area contributed by atoms with Crippen molar-refractivity contribution in [3.8, 4) is 0 Å². The van der Waals surface area contributed by atoms with Crippen LogP contribution < -0.4 is 5.32 Å². The largest absolute Gasteiger partial charge is 0.350 e. The highest BCUT2D eigenvalue weighted by molar-refractivity contribution is 7.12. The van der Waals surface area contributed by atoms with Crippen molar-refractivity contribution < 1.29 is 9.59 Å². The molecule has 2 aromatic rings. The van der Waals surface area contributed by atoms with Crippen molar-refractivity contribution in [1.82, 2.24) is 20.0 Å². The maximum Gasteiger partial charge on any atom is 0.264 e. The fourth-order valence-corrected chi connectivity index (χ4v) is 5.06. The van der Waals surface area contributed by atoms with Crippen molar-refractivity contribution >= 4 is 23.2 Å². The minimum atomic E-state index is -0.249. The molecule has 2 aliphatic rings. The summed E-state index contributed by atoms with van der Waals surface area (Å²) in [4.78, 5) is 27.6. The molecule has 2 amide bonds. The number of piperidine rings is 1. The summed E-state index contributed by atoms with van der Waals surface area (Å²) in [5.74, 6) is 0.349. The second-order valence-electron chi connectivity index (χ2n) is 7.13. The highest BCUT2D eigenvalue weighted by atomic mass is 32.1. The molecule has 2 aromatic heterocycles. The van der Waals surface area contributed by atoms with Crippen molar-refractivity contribution in [3.05, 3.63) is 39.8 Å². The highest BCUT2D eigenvalue weighted by Crippen LogP contribution is 2.43. The molecule has 0 radical (unpaired) electrons. The van der Waals surface area contributed by atoms with Crippen molar-refractivity contribution in [2.24, 2.45) is 7.05 Å². The molecule has 1 N–H and O–H groups in total. The highest BCUT2D eigenvalue weighted by Gasteiger charge is 2.49. The lowest BCUT2D eigenvalue weighted by atomic mass is 9.75. The number of aromatic nitrogens is 2. The van der Waals surface area contributed by atoms with Crippen LogP contribution in [0, 0.1) is 6.92 Å². The number of aryl methyl sites for hydroxylation is 2. The first-order valence-electron chi connectivity index (χ1n) is 8.61. The Balaban J connectivity index is 1.52. The summed E-state index contributed by atoms with van der Waals surface area (Å²) in [7, 11) is 1.89. The molecule has 25 heavy (non-hydrogen) atoms. The molecule has 4 heterocycles. The normalized spacial score (nSPS) is 22.4. The number of nitrogens with zero attached hydrogens (tertiary/aromatic N) is 3. The Labute approximate surface area is 150 Å². The molecule has 0 unspecified atom stereocenters. The van der Waals surface area contributed by atoms with E-state index < -0.39 is 0 Å². The van der Waals surface area contributed by atoms with Crippen molar-refractivity contribution in [3.63, 3.8) is 0 Å². The van der Waals surface area contributed by atoms with Crippen LogP contribution in [0.2, 0.25) is 0 Å². The van der Waals surface area contributed by atoms with Crippen LogP contribution in [-0.2, 0) is 11.8 Å². The van der Waals surface area contributed by atoms with Crippen molar-refractivity contribution in [2.45, 2.75) is 37.6 Å². The summed E-state index contributed by atoms with van der Waals surface area (Å²) in [5.41, 5.74) is 1.90. The number of likely N-dealkylation sites (tertiary alicyclic amines) is 1. The van der Waals surface area contributed by atoms with Crippen LogP contribution in [0.4, 0.5) is 0 Å². The van der Waals surface area contributed by atoms with Crippen LogP contribution in [0.15, 0.2) is 23.8 Å². The number of hydrogen-bond acceptors (Lipinski definition) is 4. The van der Waals surface area contributed by atoms with Crippen LogP contribution in [0.3, 0.4) is 0 Å². The fraction of sp³-hybridized carbons (Fsp3) is 0.500. The van der Waals surface area contributed by atoms with Gasteiger partial charge in [-0.15, -0.1) is 11.3 Å². The van der Waals surface area contributed by atoms with Gasteiger partial charge in [0, 0.05) is 38.7 Å². The average Bonchev–Trinajstić information content (AvgIpc) is 3.27. The molecule has 7 heteroatoms. The zero-order valence-corrected chi connectivity index (χ0v) is 15.3. The number of carbonyl (C=O) groups excluding carboxylic acids is 2. The van der Waals surface area contributed by atoms with Gasteiger partial charge in [0.05, 0.1) is 16.6 Å². The maximum atomic E-state index is 12.7. The Hall–Kier alpha value is -2.15. The third-order valence-electron chi connectivity index (χ3n) is 5.57. The number of rotatable bonds is 2. The Morgan fingerprint density at radius 2 is 2.16 bits per heavy atom. The van der Waals surface area contributed by atoms with Gasteiger partial charge in [-0.25, -0.2) is 0 Å². The lowest BCUT2D eigenvalue weighted by Crippen LogP contribution is -2.54. The van der Waals surface area contributed by atoms with E-state index in [9.17, 15) is 9.59 Å². The average molecular weight is 358 g/mol. The lowest BCUT2D eigenvalue weighted by molar-refractivity contribution is -0.120. The Bertz CT molecular complexity index is 817. The van der Waals surface area contributed by atoms with Gasteiger partial charge in [-0.2, -0.15) is 5.10 Å². The van der Waals surface area contributed by atoms with Gasteiger partial charge in [0.1, 0.15) is 0 Å². The maximum absolute atomic E-state index is 12.7. The van der Waals surface area contributed by atoms with Gasteiger partial charge >= 0.3 is 0 Å². The van der Waals surface area contributed by atoms with Crippen LogP contribution in [-0.4, -0.2) is 45.1 Å². The van der Waals surface area contributed by atoms with Crippen LogP contribution in [0.1, 0.15) is 46.0 Å². The van der Waals surface area contributed by atoms with Gasteiger partial charge in [0.15, 0.2) is 0 Å². The summed E-state index contributed by atoms with van der Waals surface area (Å²) in [6.45, 7) is 3.32. The quantitative estimate of drug-likeness (QED) is 0.894. The van der Waals surface area contributed by atoms with E-state index in [1.807, 2.05) is 42.7 Å². The van der Waals surface area contributed by atoms with Gasteiger partial charge in [-0.3, -0.25) is 14.3 Å². The zero-order chi connectivity index (χ0) is 17.6. The van der Waals surface area contributed by atoms with E-state index in [2.05, 4.69) is 10.4 Å². The van der Waals surface area contributed by atoms with E-state index in [0.29, 0.717) is 19.5 Å². The number of thiophene rings is 1. The van der Waals surface area contributed by atoms with Gasteiger partial charge in [0.2, 0.25) is 5.91 Å². The molecule has 2 saturated heterocycles. The second-order valence-corrected chi connectivity index (χ2v) is 8.05. The number of carbonyl (C=O) groups is 2. The zero-order valence-electron chi connectivity index (χ0n) is 14.5. The van der Waals surface area contributed by atoms with E-state index >= 15 is 0 Å². The Morgan fingerprint density at radius 3 is 2.76 bits per heavy atom. The van der Waals surface area contributed by atoms with Crippen molar-refractivity contribution in [1.29, 1.82) is 0 Å². The summed E-state index contributed by atoms with van der Waals surface area (Å²) in [5, 5.41) is 9.45. The standard InChI is InChI=1S/C18H22N4O2S/c1-12-3-8-25-16(12)17(24)22-6-4-18(5-7-22)14(9-15(23)20-18)13-10-19-21(2)11-13/h3,8,10-11,14H,4-7,9H2,1-2H3,(H,20,23)/t14-/m1/s1. The molecule has 132 valence electrons. The molecule has 0 aromatic carbocycles. The summed E-state index contributed by atoms with van der Waals surface area (Å²) in [6.07, 6.45) is 5.94. The van der Waals surface area contributed by atoms with Gasteiger partial charge in [0.25, 0.3) is 5.91 Å². The molecule has 0 aliphatic carbocycles. The smallest absolute Gasteiger partial charge is 0.264 e. The van der Waals surface area contributed by atoms with E-state index in [1.54, 1.807) is 4.68 Å². The first-order valence-corrected chi connectivity index (χ1v) is 9.49. The minimum absolute atomic E-state index is 0.0998. The first-order chi connectivity index (χ1) is 12.0. The predicted octanol–water partition coefficient (Wildman–Crippen LogP) is 2.07. The fourth-order valence-electron chi connectivity index (χ4n) is 4.17. The molecule has 4 rings (SSSR count). The first kappa shape index (κ1) is 16.3. The topological polar surface area (TPSA) is 67.2 Å². The van der Waals surface area contributed by atoms with Crippen molar-refractivity contribution in [2.75, 3.05) is 13.1 Å². The predicted molar refractivity (Wildman–Crippen MR) is 95.6 cm³/mol. The molecule has 0 bridgehead atoms. The number of amides is 2. The van der Waals surface area contributed by atoms with Crippen LogP contribution >= 0.6 is 11.3 Å². The van der Waals surface area contributed by atoms with Crippen LogP contribution in [0.25, 0.3) is 0 Å². The summed E-state index contributed by atoms with van der Waals surface area (Å²) in [6, 6.07) is 1.99. The number of nitrogens with one attached hydrogen (secondary N) is 1. The molecule has 2 fully saturated rings. The molecule has 0 saturated carbocycles. The SMILES string of the molecule is Cc1ccsc1C(=O)N1CCC2(CC1)NC(=O)C[C@@H]2c1cnn(C)c1. The van der Waals surface area contributed by atoms with Gasteiger partial charge in [-0.1, -0.05) is 0 Å². The molecular weight excluding hydrogens is 336 g/mol. The second kappa shape index (κ2) is 5.98. The Kier molecular flexibility index (Phi) is 3.91. The van der Waals surface area contributed by atoms with Gasteiger partial charge in [-0.05, 0) is 42.3 Å².